The lowest BCUT2D eigenvalue weighted by Gasteiger charge is -2.09. The van der Waals surface area contributed by atoms with Gasteiger partial charge in [-0.1, -0.05) is 11.6 Å². The van der Waals surface area contributed by atoms with Crippen LogP contribution < -0.4 is 16.4 Å². The monoisotopic (exact) mass is 267 g/mol. The van der Waals surface area contributed by atoms with E-state index in [0.29, 0.717) is 16.7 Å². The fourth-order valence-electron chi connectivity index (χ4n) is 1.39. The van der Waals surface area contributed by atoms with Gasteiger partial charge in [-0.15, -0.1) is 0 Å². The predicted molar refractivity (Wildman–Crippen MR) is 70.7 cm³/mol. The molecule has 0 bridgehead atoms. The second-order valence-corrected chi connectivity index (χ2v) is 3.93. The molecule has 0 atom stereocenters. The minimum atomic E-state index is -0.428. The van der Waals surface area contributed by atoms with Gasteiger partial charge in [-0.25, -0.2) is 4.39 Å². The van der Waals surface area contributed by atoms with Gasteiger partial charge < -0.3 is 16.4 Å². The van der Waals surface area contributed by atoms with Gasteiger partial charge in [-0.05, 0) is 18.2 Å². The quantitative estimate of drug-likeness (QED) is 0.797. The molecule has 4 N–H and O–H groups in total. The molecule has 2 rings (SSSR count). The van der Waals surface area contributed by atoms with Gasteiger partial charge >= 0.3 is 0 Å². The van der Waals surface area contributed by atoms with Crippen LogP contribution in [0.5, 0.6) is 0 Å². The summed E-state index contributed by atoms with van der Waals surface area (Å²) < 4.78 is 13.5. The lowest BCUT2D eigenvalue weighted by molar-refractivity contribution is 0.632. The van der Waals surface area contributed by atoms with Gasteiger partial charge in [0.05, 0.1) is 5.69 Å². The second-order valence-electron chi connectivity index (χ2n) is 3.50. The van der Waals surface area contributed by atoms with Crippen LogP contribution in [0.2, 0.25) is 5.02 Å². The Morgan fingerprint density at radius 3 is 2.67 bits per heavy atom. The first-order chi connectivity index (χ1) is 8.58. The summed E-state index contributed by atoms with van der Waals surface area (Å²) in [5.41, 5.74) is 5.76. The molecule has 5 nitrogen and oxygen atoms in total. The molecule has 0 unspecified atom stereocenters. The fourth-order valence-corrected chi connectivity index (χ4v) is 1.56. The number of benzene rings is 1. The van der Waals surface area contributed by atoms with Gasteiger partial charge in [-0.3, -0.25) is 0 Å². The van der Waals surface area contributed by atoms with Gasteiger partial charge in [0, 0.05) is 18.1 Å². The average molecular weight is 268 g/mol. The smallest absolute Gasteiger partial charge is 0.223 e. The molecule has 0 saturated carbocycles. The molecule has 1 aromatic heterocycles. The van der Waals surface area contributed by atoms with Crippen LogP contribution in [0.4, 0.5) is 27.7 Å². The van der Waals surface area contributed by atoms with Gasteiger partial charge in [0.15, 0.2) is 0 Å². The van der Waals surface area contributed by atoms with Crippen molar-refractivity contribution in [3.8, 4) is 0 Å². The number of nitrogens with zero attached hydrogens (tertiary/aromatic N) is 2. The number of hydrogen-bond acceptors (Lipinski definition) is 5. The molecular weight excluding hydrogens is 257 g/mol. The lowest BCUT2D eigenvalue weighted by Crippen LogP contribution is -2.04. The van der Waals surface area contributed by atoms with E-state index in [9.17, 15) is 4.39 Å². The first-order valence-electron chi connectivity index (χ1n) is 5.13. The predicted octanol–water partition coefficient (Wildman–Crippen LogP) is 2.64. The summed E-state index contributed by atoms with van der Waals surface area (Å²) in [4.78, 5) is 7.88. The summed E-state index contributed by atoms with van der Waals surface area (Å²) in [7, 11) is 1.70. The first-order valence-corrected chi connectivity index (χ1v) is 5.50. The SMILES string of the molecule is CNc1cc(Nc2cc(Cl)ccc2F)nc(N)n1. The fraction of sp³-hybridized carbons (Fsp3) is 0.0909. The molecule has 0 amide bonds. The Morgan fingerprint density at radius 2 is 1.94 bits per heavy atom. The molecule has 0 aliphatic carbocycles. The highest BCUT2D eigenvalue weighted by Crippen LogP contribution is 2.23. The number of rotatable bonds is 3. The van der Waals surface area contributed by atoms with Crippen molar-refractivity contribution >= 4 is 34.9 Å². The van der Waals surface area contributed by atoms with Crippen LogP contribution in [0.1, 0.15) is 0 Å². The number of hydrogen-bond donors (Lipinski definition) is 3. The van der Waals surface area contributed by atoms with Gasteiger partial charge in [0.2, 0.25) is 5.95 Å². The number of nitrogens with one attached hydrogen (secondary N) is 2. The zero-order chi connectivity index (χ0) is 13.1. The minimum Gasteiger partial charge on any atom is -0.373 e. The zero-order valence-corrected chi connectivity index (χ0v) is 10.3. The van der Waals surface area contributed by atoms with Crippen LogP contribution in [-0.2, 0) is 0 Å². The van der Waals surface area contributed by atoms with E-state index in [0.717, 1.165) is 0 Å². The lowest BCUT2D eigenvalue weighted by atomic mass is 10.3. The Hall–Kier alpha value is -2.08. The summed E-state index contributed by atoms with van der Waals surface area (Å²) in [5, 5.41) is 6.05. The van der Waals surface area contributed by atoms with Crippen molar-refractivity contribution in [3.63, 3.8) is 0 Å². The van der Waals surface area contributed by atoms with Crippen molar-refractivity contribution in [2.45, 2.75) is 0 Å². The topological polar surface area (TPSA) is 75.9 Å². The summed E-state index contributed by atoms with van der Waals surface area (Å²) in [6, 6.07) is 5.81. The van der Waals surface area contributed by atoms with Crippen molar-refractivity contribution in [1.82, 2.24) is 9.97 Å². The van der Waals surface area contributed by atoms with Crippen molar-refractivity contribution in [2.75, 3.05) is 23.4 Å². The van der Waals surface area contributed by atoms with Gasteiger partial charge in [0.25, 0.3) is 0 Å². The zero-order valence-electron chi connectivity index (χ0n) is 9.54. The molecule has 18 heavy (non-hydrogen) atoms. The van der Waals surface area contributed by atoms with Crippen LogP contribution >= 0.6 is 11.6 Å². The van der Waals surface area contributed by atoms with Crippen molar-refractivity contribution in [3.05, 3.63) is 35.1 Å². The maximum absolute atomic E-state index is 13.5. The Morgan fingerprint density at radius 1 is 1.22 bits per heavy atom. The average Bonchev–Trinajstić information content (AvgIpc) is 2.33. The van der Waals surface area contributed by atoms with E-state index in [1.807, 2.05) is 0 Å². The molecule has 0 fully saturated rings. The number of nitrogen functional groups attached to an aromatic ring is 1. The van der Waals surface area contributed by atoms with Crippen molar-refractivity contribution in [2.24, 2.45) is 0 Å². The number of nitrogens with two attached hydrogens (primary N) is 1. The first kappa shape index (κ1) is 12.4. The van der Waals surface area contributed by atoms with Gasteiger partial charge in [-0.2, -0.15) is 9.97 Å². The molecule has 0 spiro atoms. The maximum Gasteiger partial charge on any atom is 0.223 e. The van der Waals surface area contributed by atoms with Crippen molar-refractivity contribution in [1.29, 1.82) is 0 Å². The minimum absolute atomic E-state index is 0.0896. The highest BCUT2D eigenvalue weighted by Gasteiger charge is 2.06. The van der Waals surface area contributed by atoms with E-state index in [2.05, 4.69) is 20.6 Å². The van der Waals surface area contributed by atoms with Crippen LogP contribution in [-0.4, -0.2) is 17.0 Å². The van der Waals surface area contributed by atoms with E-state index in [4.69, 9.17) is 17.3 Å². The molecular formula is C11H11ClFN5. The molecule has 7 heteroatoms. The van der Waals surface area contributed by atoms with E-state index >= 15 is 0 Å². The third-order valence-electron chi connectivity index (χ3n) is 2.19. The van der Waals surface area contributed by atoms with Crippen LogP contribution in [0.15, 0.2) is 24.3 Å². The molecule has 0 radical (unpaired) electrons. The third kappa shape index (κ3) is 2.78. The standard InChI is InChI=1S/C11H11ClFN5/c1-15-9-5-10(18-11(14)17-9)16-8-4-6(12)2-3-7(8)13/h2-5H,1H3,(H4,14,15,16,17,18). The molecule has 2 aromatic rings. The summed E-state index contributed by atoms with van der Waals surface area (Å²) >= 11 is 5.80. The second kappa shape index (κ2) is 5.05. The van der Waals surface area contributed by atoms with E-state index in [-0.39, 0.29) is 11.6 Å². The van der Waals surface area contributed by atoms with Crippen LogP contribution in [0, 0.1) is 5.82 Å². The Bertz CT molecular complexity index is 575. The molecule has 0 aliphatic heterocycles. The van der Waals surface area contributed by atoms with E-state index in [1.165, 1.54) is 18.2 Å². The molecule has 1 aromatic carbocycles. The maximum atomic E-state index is 13.5. The molecule has 0 saturated heterocycles. The normalized spacial score (nSPS) is 10.2. The summed E-state index contributed by atoms with van der Waals surface area (Å²) in [5.74, 6) is 0.579. The summed E-state index contributed by atoms with van der Waals surface area (Å²) in [6.45, 7) is 0. The largest absolute Gasteiger partial charge is 0.373 e. The number of anilines is 4. The van der Waals surface area contributed by atoms with Crippen LogP contribution in [0.25, 0.3) is 0 Å². The van der Waals surface area contributed by atoms with Crippen molar-refractivity contribution < 1.29 is 4.39 Å². The van der Waals surface area contributed by atoms with Crippen LogP contribution in [0.3, 0.4) is 0 Å². The molecule has 94 valence electrons. The van der Waals surface area contributed by atoms with E-state index in [1.54, 1.807) is 13.1 Å². The third-order valence-corrected chi connectivity index (χ3v) is 2.43. The number of aromatic nitrogens is 2. The highest BCUT2D eigenvalue weighted by atomic mass is 35.5. The Labute approximate surface area is 108 Å². The summed E-state index contributed by atoms with van der Waals surface area (Å²) in [6.07, 6.45) is 0. The van der Waals surface area contributed by atoms with Gasteiger partial charge in [0.1, 0.15) is 17.5 Å². The molecule has 0 aliphatic rings. The number of halogens is 2. The Kier molecular flexibility index (Phi) is 3.47. The molecule has 1 heterocycles. The van der Waals surface area contributed by atoms with E-state index < -0.39 is 5.82 Å². The Balaban J connectivity index is 2.33. The highest BCUT2D eigenvalue weighted by molar-refractivity contribution is 6.30.